The summed E-state index contributed by atoms with van der Waals surface area (Å²) in [5.74, 6) is 0.447. The molecule has 0 saturated heterocycles. The first-order valence-corrected chi connectivity index (χ1v) is 6.89. The minimum absolute atomic E-state index is 0.146. The summed E-state index contributed by atoms with van der Waals surface area (Å²) in [6.45, 7) is 4.43. The van der Waals surface area contributed by atoms with E-state index in [4.69, 9.17) is 9.47 Å². The van der Waals surface area contributed by atoms with Gasteiger partial charge in [0.15, 0.2) is 0 Å². The van der Waals surface area contributed by atoms with E-state index in [0.29, 0.717) is 5.92 Å². The molecule has 1 aliphatic carbocycles. The molecule has 2 nitrogen and oxygen atoms in total. The molecule has 1 saturated carbocycles. The van der Waals surface area contributed by atoms with Gasteiger partial charge in [-0.3, -0.25) is 0 Å². The molecule has 2 rings (SSSR count). The molecule has 0 N–H and O–H groups in total. The van der Waals surface area contributed by atoms with E-state index in [-0.39, 0.29) is 11.2 Å². The van der Waals surface area contributed by atoms with Crippen LogP contribution in [0.3, 0.4) is 0 Å². The lowest BCUT2D eigenvalue weighted by Crippen LogP contribution is -2.27. The molecule has 0 unspecified atom stereocenters. The highest BCUT2D eigenvalue weighted by atomic mass is 16.6. The highest BCUT2D eigenvalue weighted by Gasteiger charge is 2.77. The zero-order valence-corrected chi connectivity index (χ0v) is 11.9. The molecule has 1 aliphatic rings. The van der Waals surface area contributed by atoms with Crippen LogP contribution >= 0.6 is 0 Å². The van der Waals surface area contributed by atoms with Crippen LogP contribution in [0.15, 0.2) is 30.3 Å². The molecule has 100 valence electrons. The topological polar surface area (TPSA) is 18.5 Å². The van der Waals surface area contributed by atoms with Crippen molar-refractivity contribution in [2.24, 2.45) is 5.92 Å². The van der Waals surface area contributed by atoms with Crippen LogP contribution in [-0.4, -0.2) is 19.8 Å². The molecule has 1 aromatic rings. The second kappa shape index (κ2) is 5.02. The monoisotopic (exact) mass is 248 g/mol. The van der Waals surface area contributed by atoms with Crippen LogP contribution in [0.5, 0.6) is 0 Å². The smallest absolute Gasteiger partial charge is 0.128 e. The van der Waals surface area contributed by atoms with Crippen LogP contribution in [0.4, 0.5) is 0 Å². The predicted octanol–water partition coefficient (Wildman–Crippen LogP) is 3.75. The molecule has 0 bridgehead atoms. The number of rotatable bonds is 6. The Labute approximate surface area is 110 Å². The maximum absolute atomic E-state index is 5.97. The fraction of sp³-hybridized carbons (Fsp3) is 0.625. The van der Waals surface area contributed by atoms with Crippen LogP contribution < -0.4 is 0 Å². The average Bonchev–Trinajstić information content (AvgIpc) is 3.02. The zero-order chi connectivity index (χ0) is 13.2. The van der Waals surface area contributed by atoms with Crippen molar-refractivity contribution >= 4 is 0 Å². The third-order valence-electron chi connectivity index (χ3n) is 4.52. The van der Waals surface area contributed by atoms with E-state index in [1.807, 2.05) is 20.3 Å². The van der Waals surface area contributed by atoms with Crippen LogP contribution in [0.2, 0.25) is 0 Å². The molecule has 1 aromatic carbocycles. The lowest BCUT2D eigenvalue weighted by molar-refractivity contribution is -0.0426. The van der Waals surface area contributed by atoms with Gasteiger partial charge in [0.05, 0.1) is 0 Å². The Bertz CT molecular complexity index is 389. The first kappa shape index (κ1) is 13.6. The van der Waals surface area contributed by atoms with Gasteiger partial charge in [0.25, 0.3) is 0 Å². The Balaban J connectivity index is 2.44. The highest BCUT2D eigenvalue weighted by molar-refractivity contribution is 5.40. The first-order valence-electron chi connectivity index (χ1n) is 6.89. The summed E-state index contributed by atoms with van der Waals surface area (Å²) in [5, 5.41) is 0. The standard InChI is InChI=1S/C16H24O2/c1-5-12-15(17-3)14(6-2)16(15,18-4)13-10-8-7-9-11-13/h7-11,14H,5-6,12H2,1-4H3/t14-,15+,16-/m1/s1. The number of hydrogen-bond donors (Lipinski definition) is 0. The summed E-state index contributed by atoms with van der Waals surface area (Å²) in [4.78, 5) is 0. The van der Waals surface area contributed by atoms with E-state index < -0.39 is 0 Å². The fourth-order valence-electron chi connectivity index (χ4n) is 3.87. The molecule has 1 fully saturated rings. The van der Waals surface area contributed by atoms with Crippen molar-refractivity contribution in [1.29, 1.82) is 0 Å². The number of ether oxygens (including phenoxy) is 2. The summed E-state index contributed by atoms with van der Waals surface area (Å²) in [6, 6.07) is 10.5. The van der Waals surface area contributed by atoms with Crippen LogP contribution in [0.25, 0.3) is 0 Å². The van der Waals surface area contributed by atoms with Gasteiger partial charge in [-0.15, -0.1) is 0 Å². The summed E-state index contributed by atoms with van der Waals surface area (Å²) in [5.41, 5.74) is 0.843. The van der Waals surface area contributed by atoms with Crippen molar-refractivity contribution in [2.45, 2.75) is 44.3 Å². The minimum Gasteiger partial charge on any atom is -0.374 e. The second-order valence-electron chi connectivity index (χ2n) is 5.11. The Kier molecular flexibility index (Phi) is 3.79. The minimum atomic E-state index is -0.256. The molecular weight excluding hydrogens is 224 g/mol. The van der Waals surface area contributed by atoms with Gasteiger partial charge in [0, 0.05) is 20.1 Å². The molecular formula is C16H24O2. The Morgan fingerprint density at radius 2 is 1.72 bits per heavy atom. The van der Waals surface area contributed by atoms with E-state index in [1.54, 1.807) is 0 Å². The van der Waals surface area contributed by atoms with Crippen LogP contribution in [0.1, 0.15) is 38.7 Å². The van der Waals surface area contributed by atoms with Crippen molar-refractivity contribution in [3.05, 3.63) is 35.9 Å². The Hall–Kier alpha value is -0.860. The average molecular weight is 248 g/mol. The van der Waals surface area contributed by atoms with Crippen molar-refractivity contribution in [1.82, 2.24) is 0 Å². The zero-order valence-electron chi connectivity index (χ0n) is 11.9. The Morgan fingerprint density at radius 3 is 2.17 bits per heavy atom. The largest absolute Gasteiger partial charge is 0.374 e. The molecule has 0 amide bonds. The molecule has 0 heterocycles. The van der Waals surface area contributed by atoms with E-state index >= 15 is 0 Å². The van der Waals surface area contributed by atoms with Gasteiger partial charge in [-0.2, -0.15) is 0 Å². The van der Waals surface area contributed by atoms with Gasteiger partial charge in [-0.25, -0.2) is 0 Å². The van der Waals surface area contributed by atoms with Gasteiger partial charge in [0.1, 0.15) is 11.2 Å². The van der Waals surface area contributed by atoms with E-state index in [9.17, 15) is 0 Å². The quantitative estimate of drug-likeness (QED) is 0.763. The normalized spacial score (nSPS) is 34.6. The van der Waals surface area contributed by atoms with Crippen molar-refractivity contribution in [2.75, 3.05) is 14.2 Å². The predicted molar refractivity (Wildman–Crippen MR) is 73.6 cm³/mol. The van der Waals surface area contributed by atoms with Gasteiger partial charge in [0.2, 0.25) is 0 Å². The summed E-state index contributed by atoms with van der Waals surface area (Å²) >= 11 is 0. The second-order valence-corrected chi connectivity index (χ2v) is 5.11. The molecule has 0 aliphatic heterocycles. The van der Waals surface area contributed by atoms with Crippen molar-refractivity contribution < 1.29 is 9.47 Å². The number of hydrogen-bond acceptors (Lipinski definition) is 2. The van der Waals surface area contributed by atoms with E-state index in [2.05, 4.69) is 38.1 Å². The summed E-state index contributed by atoms with van der Waals surface area (Å²) in [7, 11) is 3.63. The van der Waals surface area contributed by atoms with Crippen molar-refractivity contribution in [3.63, 3.8) is 0 Å². The summed E-state index contributed by atoms with van der Waals surface area (Å²) in [6.07, 6.45) is 3.24. The lowest BCUT2D eigenvalue weighted by atomic mass is 10.0. The molecule has 2 heteroatoms. The first-order chi connectivity index (χ1) is 8.73. The summed E-state index contributed by atoms with van der Waals surface area (Å²) < 4.78 is 11.9. The van der Waals surface area contributed by atoms with Gasteiger partial charge >= 0.3 is 0 Å². The maximum Gasteiger partial charge on any atom is 0.128 e. The number of benzene rings is 1. The Morgan fingerprint density at radius 1 is 1.06 bits per heavy atom. The van der Waals surface area contributed by atoms with E-state index in [0.717, 1.165) is 19.3 Å². The van der Waals surface area contributed by atoms with E-state index in [1.165, 1.54) is 5.56 Å². The molecule has 0 spiro atoms. The van der Waals surface area contributed by atoms with Gasteiger partial charge < -0.3 is 9.47 Å². The fourth-order valence-corrected chi connectivity index (χ4v) is 3.87. The van der Waals surface area contributed by atoms with Crippen LogP contribution in [-0.2, 0) is 15.1 Å². The maximum atomic E-state index is 5.97. The van der Waals surface area contributed by atoms with Crippen molar-refractivity contribution in [3.8, 4) is 0 Å². The third-order valence-corrected chi connectivity index (χ3v) is 4.52. The molecule has 18 heavy (non-hydrogen) atoms. The third kappa shape index (κ3) is 1.55. The molecule has 3 atom stereocenters. The SMILES string of the molecule is CCC[C@]1(OC)[C@@H](CC)[C@]1(OC)c1ccccc1. The van der Waals surface area contributed by atoms with Crippen LogP contribution in [0, 0.1) is 5.92 Å². The molecule has 0 radical (unpaired) electrons. The lowest BCUT2D eigenvalue weighted by Gasteiger charge is -2.23. The molecule has 0 aromatic heterocycles. The number of methoxy groups -OCH3 is 2. The van der Waals surface area contributed by atoms with Gasteiger partial charge in [-0.05, 0) is 18.4 Å². The van der Waals surface area contributed by atoms with Gasteiger partial charge in [-0.1, -0.05) is 50.6 Å². The highest BCUT2D eigenvalue weighted by Crippen LogP contribution is 2.68.